The number of H-pyrrole nitrogens is 2. The molecule has 0 radical (unpaired) electrons. The Labute approximate surface area is 134 Å². The number of carbonyl (C=O) groups excluding carboxylic acids is 1. The number of hydrogen-bond acceptors (Lipinski definition) is 5. The molecule has 2 rings (SSSR count). The number of imidazole rings is 1. The van der Waals surface area contributed by atoms with E-state index in [1.807, 2.05) is 0 Å². The SMILES string of the molecule is CC(=O)OCCCCCCCCCc1nc2nc[nH]c(=O)c2[nH]1. The van der Waals surface area contributed by atoms with Crippen LogP contribution >= 0.6 is 0 Å². The maximum absolute atomic E-state index is 11.6. The van der Waals surface area contributed by atoms with E-state index in [4.69, 9.17) is 4.74 Å². The van der Waals surface area contributed by atoms with Crippen molar-refractivity contribution < 1.29 is 9.53 Å². The van der Waals surface area contributed by atoms with Gasteiger partial charge in [0.25, 0.3) is 5.56 Å². The van der Waals surface area contributed by atoms with E-state index in [1.165, 1.54) is 32.5 Å². The third-order valence-corrected chi connectivity index (χ3v) is 3.71. The Morgan fingerprint density at radius 1 is 1.13 bits per heavy atom. The Morgan fingerprint density at radius 3 is 2.52 bits per heavy atom. The molecule has 0 bridgehead atoms. The van der Waals surface area contributed by atoms with Crippen LogP contribution in [0.2, 0.25) is 0 Å². The molecule has 23 heavy (non-hydrogen) atoms. The quantitative estimate of drug-likeness (QED) is 0.517. The second kappa shape index (κ2) is 9.07. The first-order valence-electron chi connectivity index (χ1n) is 8.22. The predicted octanol–water partition coefficient (Wildman–Crippen LogP) is 2.48. The lowest BCUT2D eigenvalue weighted by Gasteiger charge is -2.02. The van der Waals surface area contributed by atoms with Crippen LogP contribution in [0.3, 0.4) is 0 Å². The number of unbranched alkanes of at least 4 members (excludes halogenated alkanes) is 6. The minimum atomic E-state index is -0.201. The number of rotatable bonds is 10. The van der Waals surface area contributed by atoms with Crippen LogP contribution in [0.5, 0.6) is 0 Å². The molecule has 2 aromatic heterocycles. The Kier molecular flexibility index (Phi) is 6.77. The summed E-state index contributed by atoms with van der Waals surface area (Å²) in [5.41, 5.74) is 0.759. The van der Waals surface area contributed by atoms with Gasteiger partial charge in [-0.05, 0) is 12.8 Å². The third kappa shape index (κ3) is 5.84. The van der Waals surface area contributed by atoms with Crippen LogP contribution < -0.4 is 5.56 Å². The van der Waals surface area contributed by atoms with Crippen molar-refractivity contribution in [3.05, 3.63) is 22.5 Å². The van der Waals surface area contributed by atoms with Crippen molar-refractivity contribution in [1.29, 1.82) is 0 Å². The van der Waals surface area contributed by atoms with Crippen LogP contribution in [0.15, 0.2) is 11.1 Å². The number of nitrogens with one attached hydrogen (secondary N) is 2. The highest BCUT2D eigenvalue weighted by atomic mass is 16.5. The fourth-order valence-electron chi connectivity index (χ4n) is 2.50. The van der Waals surface area contributed by atoms with E-state index >= 15 is 0 Å². The summed E-state index contributed by atoms with van der Waals surface area (Å²) in [4.78, 5) is 36.1. The van der Waals surface area contributed by atoms with Gasteiger partial charge in [-0.15, -0.1) is 0 Å². The summed E-state index contributed by atoms with van der Waals surface area (Å²) < 4.78 is 4.89. The van der Waals surface area contributed by atoms with Crippen LogP contribution in [0.4, 0.5) is 0 Å². The minimum absolute atomic E-state index is 0.178. The molecule has 2 heterocycles. The number of carbonyl (C=O) groups is 1. The molecule has 0 aliphatic heterocycles. The fraction of sp³-hybridized carbons (Fsp3) is 0.625. The Bertz CT molecular complexity index is 677. The molecule has 0 spiro atoms. The molecule has 0 aliphatic carbocycles. The number of hydrogen-bond donors (Lipinski definition) is 2. The highest BCUT2D eigenvalue weighted by Gasteiger charge is 2.06. The second-order valence-corrected chi connectivity index (χ2v) is 5.68. The second-order valence-electron chi connectivity index (χ2n) is 5.68. The van der Waals surface area contributed by atoms with Crippen molar-refractivity contribution in [3.8, 4) is 0 Å². The molecule has 7 nitrogen and oxygen atoms in total. The molecule has 0 aromatic carbocycles. The van der Waals surface area contributed by atoms with Gasteiger partial charge in [0.05, 0.1) is 12.9 Å². The first-order chi connectivity index (χ1) is 11.2. The normalized spacial score (nSPS) is 11.0. The Morgan fingerprint density at radius 2 is 1.83 bits per heavy atom. The number of fused-ring (bicyclic) bond motifs is 1. The minimum Gasteiger partial charge on any atom is -0.466 e. The lowest BCUT2D eigenvalue weighted by atomic mass is 10.1. The lowest BCUT2D eigenvalue weighted by Crippen LogP contribution is -2.05. The molecule has 7 heteroatoms. The zero-order chi connectivity index (χ0) is 16.5. The average Bonchev–Trinajstić information content (AvgIpc) is 2.93. The highest BCUT2D eigenvalue weighted by Crippen LogP contribution is 2.10. The summed E-state index contributed by atoms with van der Waals surface area (Å²) in [6, 6.07) is 0. The molecular weight excluding hydrogens is 296 g/mol. The largest absolute Gasteiger partial charge is 0.466 e. The maximum atomic E-state index is 11.6. The fourth-order valence-corrected chi connectivity index (χ4v) is 2.50. The van der Waals surface area contributed by atoms with E-state index in [9.17, 15) is 9.59 Å². The highest BCUT2D eigenvalue weighted by molar-refractivity contribution is 5.68. The number of esters is 1. The zero-order valence-corrected chi connectivity index (χ0v) is 13.6. The van der Waals surface area contributed by atoms with Gasteiger partial charge in [0, 0.05) is 13.3 Å². The monoisotopic (exact) mass is 320 g/mol. The summed E-state index contributed by atoms with van der Waals surface area (Å²) in [5.74, 6) is 0.623. The molecule has 0 saturated heterocycles. The van der Waals surface area contributed by atoms with Crippen LogP contribution in [0, 0.1) is 0 Å². The Balaban J connectivity index is 1.54. The van der Waals surface area contributed by atoms with Crippen molar-refractivity contribution in [3.63, 3.8) is 0 Å². The summed E-state index contributed by atoms with van der Waals surface area (Å²) >= 11 is 0. The number of ether oxygens (including phenoxy) is 1. The number of aromatic nitrogens is 4. The number of aromatic amines is 2. The molecular formula is C16H24N4O3. The van der Waals surface area contributed by atoms with Crippen LogP contribution in [-0.2, 0) is 16.0 Å². The average molecular weight is 320 g/mol. The van der Waals surface area contributed by atoms with Crippen molar-refractivity contribution in [2.45, 2.75) is 58.3 Å². The first kappa shape index (κ1) is 17.2. The van der Waals surface area contributed by atoms with E-state index in [2.05, 4.69) is 19.9 Å². The molecule has 0 saturated carbocycles. The maximum Gasteiger partial charge on any atom is 0.302 e. The summed E-state index contributed by atoms with van der Waals surface area (Å²) in [5, 5.41) is 0. The van der Waals surface area contributed by atoms with E-state index in [1.54, 1.807) is 0 Å². The number of nitrogens with zero attached hydrogens (tertiary/aromatic N) is 2. The molecule has 2 aromatic rings. The number of aryl methyl sites for hydroxylation is 1. The van der Waals surface area contributed by atoms with Gasteiger partial charge >= 0.3 is 5.97 Å². The van der Waals surface area contributed by atoms with Crippen molar-refractivity contribution in [2.75, 3.05) is 6.61 Å². The predicted molar refractivity (Wildman–Crippen MR) is 87.2 cm³/mol. The van der Waals surface area contributed by atoms with Gasteiger partial charge in [0.1, 0.15) is 5.82 Å². The van der Waals surface area contributed by atoms with Gasteiger partial charge < -0.3 is 14.7 Å². The van der Waals surface area contributed by atoms with E-state index < -0.39 is 0 Å². The summed E-state index contributed by atoms with van der Waals surface area (Å²) in [6.07, 6.45) is 10.00. The molecule has 126 valence electrons. The van der Waals surface area contributed by atoms with Crippen LogP contribution in [-0.4, -0.2) is 32.5 Å². The van der Waals surface area contributed by atoms with Crippen LogP contribution in [0.25, 0.3) is 11.2 Å². The molecule has 0 fully saturated rings. The molecule has 0 amide bonds. The van der Waals surface area contributed by atoms with Gasteiger partial charge in [0.15, 0.2) is 11.2 Å². The van der Waals surface area contributed by atoms with Gasteiger partial charge in [-0.2, -0.15) is 0 Å². The first-order valence-corrected chi connectivity index (χ1v) is 8.22. The summed E-state index contributed by atoms with van der Waals surface area (Å²) in [7, 11) is 0. The smallest absolute Gasteiger partial charge is 0.302 e. The molecule has 0 unspecified atom stereocenters. The van der Waals surface area contributed by atoms with Gasteiger partial charge in [-0.3, -0.25) is 9.59 Å². The standard InChI is InChI=1S/C16H24N4O3/c1-12(21)23-10-8-6-4-2-3-5-7-9-13-19-14-15(20-13)17-11-18-16(14)22/h11H,2-10H2,1H3,(H2,17,18,19,20,22). The molecule has 0 atom stereocenters. The molecule has 0 aliphatic rings. The van der Waals surface area contributed by atoms with E-state index in [0.29, 0.717) is 17.8 Å². The van der Waals surface area contributed by atoms with Crippen LogP contribution in [0.1, 0.15) is 57.7 Å². The topological polar surface area (TPSA) is 101 Å². The van der Waals surface area contributed by atoms with Crippen molar-refractivity contribution >= 4 is 17.1 Å². The van der Waals surface area contributed by atoms with Crippen molar-refractivity contribution in [2.24, 2.45) is 0 Å². The van der Waals surface area contributed by atoms with E-state index in [0.717, 1.165) is 37.9 Å². The Hall–Kier alpha value is -2.18. The van der Waals surface area contributed by atoms with E-state index in [-0.39, 0.29) is 11.5 Å². The van der Waals surface area contributed by atoms with Gasteiger partial charge in [-0.25, -0.2) is 9.97 Å². The van der Waals surface area contributed by atoms with Gasteiger partial charge in [0.2, 0.25) is 0 Å². The van der Waals surface area contributed by atoms with Crippen molar-refractivity contribution in [1.82, 2.24) is 19.9 Å². The lowest BCUT2D eigenvalue weighted by molar-refractivity contribution is -0.141. The molecule has 2 N–H and O–H groups in total. The summed E-state index contributed by atoms with van der Waals surface area (Å²) in [6.45, 7) is 1.97. The third-order valence-electron chi connectivity index (χ3n) is 3.71. The zero-order valence-electron chi connectivity index (χ0n) is 13.6. The van der Waals surface area contributed by atoms with Gasteiger partial charge in [-0.1, -0.05) is 32.1 Å².